The van der Waals surface area contributed by atoms with Crippen molar-refractivity contribution in [2.24, 2.45) is 4.99 Å². The largest absolute Gasteiger partial charge is 0.497 e. The molecule has 0 radical (unpaired) electrons. The molecule has 2 rings (SSSR count). The van der Waals surface area contributed by atoms with Crippen LogP contribution in [0.5, 0.6) is 23.0 Å². The van der Waals surface area contributed by atoms with E-state index in [-0.39, 0.29) is 0 Å². The summed E-state index contributed by atoms with van der Waals surface area (Å²) in [6.07, 6.45) is 0. The summed E-state index contributed by atoms with van der Waals surface area (Å²) in [5, 5.41) is 6.59. The SMILES string of the molecule is CCOc1ccc(CNC(=NC)NCc2ccc(OC)cc2OC)cc1OC. The Morgan fingerprint density at radius 1 is 0.857 bits per heavy atom. The zero-order chi connectivity index (χ0) is 20.4. The van der Waals surface area contributed by atoms with E-state index < -0.39 is 0 Å². The van der Waals surface area contributed by atoms with Gasteiger partial charge < -0.3 is 29.6 Å². The highest BCUT2D eigenvalue weighted by Crippen LogP contribution is 2.28. The van der Waals surface area contributed by atoms with E-state index in [2.05, 4.69) is 15.6 Å². The zero-order valence-corrected chi connectivity index (χ0v) is 17.2. The highest BCUT2D eigenvalue weighted by atomic mass is 16.5. The van der Waals surface area contributed by atoms with Crippen LogP contribution in [0.3, 0.4) is 0 Å². The van der Waals surface area contributed by atoms with E-state index in [0.29, 0.717) is 31.4 Å². The second-order valence-corrected chi connectivity index (χ2v) is 5.88. The molecule has 7 heteroatoms. The van der Waals surface area contributed by atoms with Crippen molar-refractivity contribution < 1.29 is 18.9 Å². The summed E-state index contributed by atoms with van der Waals surface area (Å²) in [5.74, 6) is 3.66. The van der Waals surface area contributed by atoms with E-state index in [4.69, 9.17) is 18.9 Å². The van der Waals surface area contributed by atoms with E-state index in [1.807, 2.05) is 43.3 Å². The lowest BCUT2D eigenvalue weighted by molar-refractivity contribution is 0.310. The zero-order valence-electron chi connectivity index (χ0n) is 17.2. The number of nitrogens with zero attached hydrogens (tertiary/aromatic N) is 1. The molecule has 0 aromatic heterocycles. The number of hydrogen-bond acceptors (Lipinski definition) is 5. The topological polar surface area (TPSA) is 73.3 Å². The van der Waals surface area contributed by atoms with Gasteiger partial charge in [-0.2, -0.15) is 0 Å². The highest BCUT2D eigenvalue weighted by Gasteiger charge is 2.08. The summed E-state index contributed by atoms with van der Waals surface area (Å²) in [4.78, 5) is 4.27. The molecule has 0 amide bonds. The summed E-state index contributed by atoms with van der Waals surface area (Å²) in [7, 11) is 6.65. The quantitative estimate of drug-likeness (QED) is 0.509. The van der Waals surface area contributed by atoms with Crippen molar-refractivity contribution in [1.29, 1.82) is 0 Å². The molecular formula is C21H29N3O4. The molecule has 0 aliphatic rings. The standard InChI is InChI=1S/C21H29N3O4/c1-6-28-18-10-7-15(11-20(18)27-5)13-23-21(22-2)24-14-16-8-9-17(25-3)12-19(16)26-4/h7-12H,6,13-14H2,1-5H3,(H2,22,23,24). The van der Waals surface area contributed by atoms with Crippen molar-refractivity contribution in [2.75, 3.05) is 35.0 Å². The molecule has 0 atom stereocenters. The van der Waals surface area contributed by atoms with Gasteiger partial charge >= 0.3 is 0 Å². The van der Waals surface area contributed by atoms with Crippen LogP contribution in [0.1, 0.15) is 18.1 Å². The first-order valence-electron chi connectivity index (χ1n) is 9.10. The fourth-order valence-corrected chi connectivity index (χ4v) is 2.68. The molecule has 152 valence electrons. The van der Waals surface area contributed by atoms with Crippen LogP contribution in [-0.4, -0.2) is 40.9 Å². The van der Waals surface area contributed by atoms with Gasteiger partial charge in [0.1, 0.15) is 11.5 Å². The van der Waals surface area contributed by atoms with Crippen LogP contribution in [-0.2, 0) is 13.1 Å². The molecule has 0 aliphatic carbocycles. The van der Waals surface area contributed by atoms with Crippen molar-refractivity contribution in [1.82, 2.24) is 10.6 Å². The monoisotopic (exact) mass is 387 g/mol. The van der Waals surface area contributed by atoms with Gasteiger partial charge in [0.15, 0.2) is 17.5 Å². The highest BCUT2D eigenvalue weighted by molar-refractivity contribution is 5.79. The van der Waals surface area contributed by atoms with Crippen molar-refractivity contribution in [3.8, 4) is 23.0 Å². The minimum atomic E-state index is 0.569. The van der Waals surface area contributed by atoms with Gasteiger partial charge in [-0.25, -0.2) is 0 Å². The lowest BCUT2D eigenvalue weighted by atomic mass is 10.2. The average Bonchev–Trinajstić information content (AvgIpc) is 2.74. The summed E-state index contributed by atoms with van der Waals surface area (Å²) < 4.78 is 21.6. The van der Waals surface area contributed by atoms with Gasteiger partial charge in [-0.1, -0.05) is 6.07 Å². The van der Waals surface area contributed by atoms with Crippen molar-refractivity contribution >= 4 is 5.96 Å². The van der Waals surface area contributed by atoms with Gasteiger partial charge in [-0.15, -0.1) is 0 Å². The molecule has 2 aromatic carbocycles. The lowest BCUT2D eigenvalue weighted by Gasteiger charge is -2.15. The Hall–Kier alpha value is -3.09. The molecule has 2 N–H and O–H groups in total. The third-order valence-corrected chi connectivity index (χ3v) is 4.15. The summed E-state index contributed by atoms with van der Waals surface area (Å²) >= 11 is 0. The molecule has 0 spiro atoms. The molecule has 2 aromatic rings. The Kier molecular flexibility index (Phi) is 8.27. The van der Waals surface area contributed by atoms with E-state index in [9.17, 15) is 0 Å². The summed E-state index contributed by atoms with van der Waals surface area (Å²) in [6, 6.07) is 11.6. The number of hydrogen-bond donors (Lipinski definition) is 2. The number of methoxy groups -OCH3 is 3. The number of ether oxygens (including phenoxy) is 4. The van der Waals surface area contributed by atoms with Crippen LogP contribution in [0.4, 0.5) is 0 Å². The molecule has 0 aliphatic heterocycles. The van der Waals surface area contributed by atoms with Crippen LogP contribution in [0.25, 0.3) is 0 Å². The Morgan fingerprint density at radius 3 is 2.25 bits per heavy atom. The maximum Gasteiger partial charge on any atom is 0.191 e. The van der Waals surface area contributed by atoms with Gasteiger partial charge in [0, 0.05) is 31.8 Å². The molecule has 0 saturated carbocycles. The molecule has 0 bridgehead atoms. The van der Waals surface area contributed by atoms with Crippen molar-refractivity contribution in [3.05, 3.63) is 47.5 Å². The third kappa shape index (κ3) is 5.70. The van der Waals surface area contributed by atoms with E-state index in [0.717, 1.165) is 28.4 Å². The first kappa shape index (κ1) is 21.2. The molecule has 7 nitrogen and oxygen atoms in total. The van der Waals surface area contributed by atoms with Crippen LogP contribution in [0.2, 0.25) is 0 Å². The smallest absolute Gasteiger partial charge is 0.191 e. The number of nitrogens with one attached hydrogen (secondary N) is 2. The van der Waals surface area contributed by atoms with Gasteiger partial charge in [0.05, 0.1) is 27.9 Å². The third-order valence-electron chi connectivity index (χ3n) is 4.15. The van der Waals surface area contributed by atoms with Crippen LogP contribution in [0, 0.1) is 0 Å². The summed E-state index contributed by atoms with van der Waals surface area (Å²) in [5.41, 5.74) is 2.07. The van der Waals surface area contributed by atoms with Crippen LogP contribution < -0.4 is 29.6 Å². The maximum absolute atomic E-state index is 5.55. The fraction of sp³-hybridized carbons (Fsp3) is 0.381. The Morgan fingerprint density at radius 2 is 1.61 bits per heavy atom. The Labute approximate surface area is 166 Å². The number of rotatable bonds is 9. The normalized spacial score (nSPS) is 11.0. The molecule has 0 fully saturated rings. The van der Waals surface area contributed by atoms with Crippen molar-refractivity contribution in [2.45, 2.75) is 20.0 Å². The second-order valence-electron chi connectivity index (χ2n) is 5.88. The van der Waals surface area contributed by atoms with Crippen LogP contribution >= 0.6 is 0 Å². The Balaban J connectivity index is 1.97. The van der Waals surface area contributed by atoms with Gasteiger partial charge in [0.25, 0.3) is 0 Å². The van der Waals surface area contributed by atoms with Gasteiger partial charge in [-0.05, 0) is 36.8 Å². The minimum absolute atomic E-state index is 0.569. The molecule has 0 saturated heterocycles. The minimum Gasteiger partial charge on any atom is -0.497 e. The molecular weight excluding hydrogens is 358 g/mol. The van der Waals surface area contributed by atoms with E-state index >= 15 is 0 Å². The average molecular weight is 387 g/mol. The van der Waals surface area contributed by atoms with Crippen molar-refractivity contribution in [3.63, 3.8) is 0 Å². The van der Waals surface area contributed by atoms with E-state index in [1.165, 1.54) is 0 Å². The fourth-order valence-electron chi connectivity index (χ4n) is 2.68. The predicted octanol–water partition coefficient (Wildman–Crippen LogP) is 2.98. The maximum atomic E-state index is 5.55. The van der Waals surface area contributed by atoms with Crippen LogP contribution in [0.15, 0.2) is 41.4 Å². The van der Waals surface area contributed by atoms with Gasteiger partial charge in [-0.3, -0.25) is 4.99 Å². The molecule has 0 heterocycles. The number of aliphatic imine (C=N–C) groups is 1. The van der Waals surface area contributed by atoms with Gasteiger partial charge in [0.2, 0.25) is 0 Å². The number of guanidine groups is 1. The number of benzene rings is 2. The second kappa shape index (κ2) is 10.9. The first-order chi connectivity index (χ1) is 13.6. The molecule has 28 heavy (non-hydrogen) atoms. The summed E-state index contributed by atoms with van der Waals surface area (Å²) in [6.45, 7) is 3.71. The van der Waals surface area contributed by atoms with E-state index in [1.54, 1.807) is 28.4 Å². The molecule has 0 unspecified atom stereocenters. The lowest BCUT2D eigenvalue weighted by Crippen LogP contribution is -2.36. The predicted molar refractivity (Wildman–Crippen MR) is 111 cm³/mol. The Bertz CT molecular complexity index is 793. The first-order valence-corrected chi connectivity index (χ1v) is 9.10.